The maximum Gasteiger partial charge on any atom is 0.191 e. The predicted octanol–water partition coefficient (Wildman–Crippen LogP) is 2.74. The van der Waals surface area contributed by atoms with E-state index < -0.39 is 0 Å². The smallest absolute Gasteiger partial charge is 0.191 e. The van der Waals surface area contributed by atoms with Gasteiger partial charge in [0.25, 0.3) is 0 Å². The van der Waals surface area contributed by atoms with Crippen LogP contribution in [0.1, 0.15) is 23.6 Å². The summed E-state index contributed by atoms with van der Waals surface area (Å²) in [6.07, 6.45) is 0.940. The van der Waals surface area contributed by atoms with Crippen molar-refractivity contribution in [1.82, 2.24) is 20.4 Å². The van der Waals surface area contributed by atoms with Gasteiger partial charge in [0.05, 0.1) is 13.7 Å². The van der Waals surface area contributed by atoms with Gasteiger partial charge in [0.2, 0.25) is 0 Å². The molecule has 2 aromatic carbocycles. The van der Waals surface area contributed by atoms with Crippen molar-refractivity contribution < 1.29 is 4.74 Å². The number of piperazine rings is 1. The second kappa shape index (κ2) is 12.3. The number of guanidine groups is 1. The van der Waals surface area contributed by atoms with Crippen LogP contribution in [0.3, 0.4) is 0 Å². The summed E-state index contributed by atoms with van der Waals surface area (Å²) < 4.78 is 5.22. The Bertz CT molecular complexity index is 796. The Labute approximate surface area is 187 Å². The highest BCUT2D eigenvalue weighted by atomic mass is 16.5. The Morgan fingerprint density at radius 3 is 2.19 bits per heavy atom. The first-order valence-electron chi connectivity index (χ1n) is 11.3. The van der Waals surface area contributed by atoms with Crippen molar-refractivity contribution >= 4 is 5.96 Å². The third-order valence-corrected chi connectivity index (χ3v) is 5.65. The Balaban J connectivity index is 1.46. The van der Waals surface area contributed by atoms with Crippen molar-refractivity contribution in [2.45, 2.75) is 26.4 Å². The lowest BCUT2D eigenvalue weighted by atomic mass is 10.1. The first kappa shape index (κ1) is 23.1. The maximum atomic E-state index is 5.22. The van der Waals surface area contributed by atoms with Crippen LogP contribution in [-0.4, -0.2) is 69.2 Å². The molecule has 0 aromatic heterocycles. The third kappa shape index (κ3) is 7.89. The van der Waals surface area contributed by atoms with Crippen LogP contribution in [0, 0.1) is 0 Å². The Hall–Kier alpha value is -2.57. The molecule has 0 spiro atoms. The van der Waals surface area contributed by atoms with Gasteiger partial charge in [-0.3, -0.25) is 4.90 Å². The van der Waals surface area contributed by atoms with Gasteiger partial charge in [-0.2, -0.15) is 0 Å². The quantitative estimate of drug-likeness (QED) is 0.480. The highest BCUT2D eigenvalue weighted by Crippen LogP contribution is 2.12. The summed E-state index contributed by atoms with van der Waals surface area (Å²) in [4.78, 5) is 9.68. The molecule has 0 aliphatic carbocycles. The fourth-order valence-corrected chi connectivity index (χ4v) is 3.64. The number of benzene rings is 2. The number of methoxy groups -OCH3 is 1. The average molecular weight is 424 g/mol. The molecule has 3 rings (SSSR count). The second-order valence-electron chi connectivity index (χ2n) is 8.12. The molecule has 6 nitrogen and oxygen atoms in total. The molecule has 0 amide bonds. The van der Waals surface area contributed by atoms with Crippen LogP contribution in [0.2, 0.25) is 0 Å². The molecule has 1 fully saturated rings. The molecule has 6 heteroatoms. The summed E-state index contributed by atoms with van der Waals surface area (Å²) in [6, 6.07) is 17.1. The lowest BCUT2D eigenvalue weighted by Crippen LogP contribution is -2.43. The number of aliphatic imine (C=N–C) groups is 1. The molecule has 2 N–H and O–H groups in total. The highest BCUT2D eigenvalue weighted by molar-refractivity contribution is 5.79. The molecular weight excluding hydrogens is 386 g/mol. The van der Waals surface area contributed by atoms with E-state index in [0.717, 1.165) is 63.9 Å². The lowest BCUT2D eigenvalue weighted by molar-refractivity contribution is 0.148. The maximum absolute atomic E-state index is 5.22. The average Bonchev–Trinajstić information content (AvgIpc) is 2.80. The first-order valence-corrected chi connectivity index (χ1v) is 11.3. The van der Waals surface area contributed by atoms with E-state index in [9.17, 15) is 0 Å². The van der Waals surface area contributed by atoms with E-state index >= 15 is 0 Å². The minimum Gasteiger partial charge on any atom is -0.497 e. The van der Waals surface area contributed by atoms with Gasteiger partial charge in [-0.1, -0.05) is 36.4 Å². The van der Waals surface area contributed by atoms with Gasteiger partial charge in [-0.25, -0.2) is 4.99 Å². The van der Waals surface area contributed by atoms with Crippen molar-refractivity contribution in [3.05, 3.63) is 65.2 Å². The van der Waals surface area contributed by atoms with Gasteiger partial charge in [0, 0.05) is 45.8 Å². The first-order chi connectivity index (χ1) is 15.2. The Kier molecular flexibility index (Phi) is 9.18. The van der Waals surface area contributed by atoms with Gasteiger partial charge >= 0.3 is 0 Å². The summed E-state index contributed by atoms with van der Waals surface area (Å²) in [5, 5.41) is 6.77. The minimum atomic E-state index is 0.673. The molecule has 168 valence electrons. The van der Waals surface area contributed by atoms with Gasteiger partial charge in [0.15, 0.2) is 5.96 Å². The van der Waals surface area contributed by atoms with Gasteiger partial charge in [-0.05, 0) is 49.2 Å². The van der Waals surface area contributed by atoms with Crippen LogP contribution in [0.25, 0.3) is 0 Å². The molecule has 1 aliphatic heterocycles. The number of hydrogen-bond donors (Lipinski definition) is 2. The van der Waals surface area contributed by atoms with E-state index in [-0.39, 0.29) is 0 Å². The molecule has 0 radical (unpaired) electrons. The fraction of sp³-hybridized carbons (Fsp3) is 0.480. The van der Waals surface area contributed by atoms with Crippen LogP contribution < -0.4 is 15.4 Å². The largest absolute Gasteiger partial charge is 0.497 e. The van der Waals surface area contributed by atoms with Crippen LogP contribution in [0.15, 0.2) is 53.5 Å². The topological polar surface area (TPSA) is 52.1 Å². The zero-order chi connectivity index (χ0) is 21.9. The standard InChI is InChI=1S/C25H37N5O/c1-4-26-25(27-14-13-21-9-11-24(31-3)12-10-21)28-19-22-5-7-23(8-6-22)20-30-17-15-29(2)16-18-30/h5-12H,4,13-20H2,1-3H3,(H2,26,27,28). The molecule has 2 aromatic rings. The number of likely N-dealkylation sites (N-methyl/N-ethyl adjacent to an activating group) is 1. The van der Waals surface area contributed by atoms with Crippen molar-refractivity contribution in [1.29, 1.82) is 0 Å². The van der Waals surface area contributed by atoms with Crippen molar-refractivity contribution in [3.8, 4) is 5.75 Å². The molecule has 31 heavy (non-hydrogen) atoms. The second-order valence-corrected chi connectivity index (χ2v) is 8.12. The molecule has 0 bridgehead atoms. The number of nitrogens with zero attached hydrogens (tertiary/aromatic N) is 3. The van der Waals surface area contributed by atoms with E-state index in [1.807, 2.05) is 12.1 Å². The summed E-state index contributed by atoms with van der Waals surface area (Å²) in [5.74, 6) is 1.75. The minimum absolute atomic E-state index is 0.673. The van der Waals surface area contributed by atoms with Crippen molar-refractivity contribution in [2.75, 3.05) is 53.4 Å². The lowest BCUT2D eigenvalue weighted by Gasteiger charge is -2.32. The van der Waals surface area contributed by atoms with Gasteiger partial charge in [0.1, 0.15) is 5.75 Å². The van der Waals surface area contributed by atoms with E-state index in [1.165, 1.54) is 16.7 Å². The third-order valence-electron chi connectivity index (χ3n) is 5.65. The monoisotopic (exact) mass is 423 g/mol. The molecule has 0 unspecified atom stereocenters. The van der Waals surface area contributed by atoms with Crippen LogP contribution in [0.4, 0.5) is 0 Å². The van der Waals surface area contributed by atoms with Gasteiger partial charge in [-0.15, -0.1) is 0 Å². The number of ether oxygens (including phenoxy) is 1. The zero-order valence-corrected chi connectivity index (χ0v) is 19.2. The van der Waals surface area contributed by atoms with Crippen LogP contribution in [0.5, 0.6) is 5.75 Å². The van der Waals surface area contributed by atoms with E-state index in [1.54, 1.807) is 7.11 Å². The normalized spacial score (nSPS) is 15.6. The van der Waals surface area contributed by atoms with E-state index in [2.05, 4.69) is 70.8 Å². The SMILES string of the molecule is CCNC(=NCc1ccc(CN2CCN(C)CC2)cc1)NCCc1ccc(OC)cc1. The Morgan fingerprint density at radius 1 is 0.903 bits per heavy atom. The number of hydrogen-bond acceptors (Lipinski definition) is 4. The van der Waals surface area contributed by atoms with Gasteiger partial charge < -0.3 is 20.3 Å². The van der Waals surface area contributed by atoms with Crippen LogP contribution in [-0.2, 0) is 19.5 Å². The molecule has 1 aliphatic rings. The highest BCUT2D eigenvalue weighted by Gasteiger charge is 2.13. The molecule has 0 saturated carbocycles. The fourth-order valence-electron chi connectivity index (χ4n) is 3.64. The summed E-state index contributed by atoms with van der Waals surface area (Å²) in [6.45, 7) is 10.1. The molecule has 1 saturated heterocycles. The summed E-state index contributed by atoms with van der Waals surface area (Å²) in [7, 11) is 3.89. The molecule has 1 heterocycles. The van der Waals surface area contributed by atoms with E-state index in [0.29, 0.717) is 6.54 Å². The Morgan fingerprint density at radius 2 is 1.55 bits per heavy atom. The molecule has 0 atom stereocenters. The van der Waals surface area contributed by atoms with Crippen molar-refractivity contribution in [2.24, 2.45) is 4.99 Å². The van der Waals surface area contributed by atoms with Crippen LogP contribution >= 0.6 is 0 Å². The summed E-state index contributed by atoms with van der Waals surface area (Å²) >= 11 is 0. The summed E-state index contributed by atoms with van der Waals surface area (Å²) in [5.41, 5.74) is 3.89. The van der Waals surface area contributed by atoms with E-state index in [4.69, 9.17) is 9.73 Å². The predicted molar refractivity (Wildman–Crippen MR) is 129 cm³/mol. The number of nitrogens with one attached hydrogen (secondary N) is 2. The van der Waals surface area contributed by atoms with Crippen molar-refractivity contribution in [3.63, 3.8) is 0 Å². The number of rotatable bonds is 9. The molecular formula is C25H37N5O. The zero-order valence-electron chi connectivity index (χ0n) is 19.2.